The average Bonchev–Trinajstić information content (AvgIpc) is 2.84. The van der Waals surface area contributed by atoms with Crippen LogP contribution >= 0.6 is 0 Å². The number of hydrogen-bond donors (Lipinski definition) is 1. The van der Waals surface area contributed by atoms with Crippen LogP contribution in [-0.2, 0) is 4.79 Å². The maximum Gasteiger partial charge on any atom is 0.246 e. The van der Waals surface area contributed by atoms with E-state index in [0.717, 1.165) is 0 Å². The molecule has 1 amide bonds. The standard InChI is InChI=1S/C7H9NO2.C6H6/c9-6-3-5-1-2-7(10)8(5)4-6;1-2-4-6-5-3-1/h1-2,5-6,9H,3-4H2;1-6H. The van der Waals surface area contributed by atoms with Gasteiger partial charge in [-0.2, -0.15) is 0 Å². The van der Waals surface area contributed by atoms with E-state index in [1.165, 1.54) is 0 Å². The Kier molecular flexibility index (Phi) is 3.37. The van der Waals surface area contributed by atoms with Gasteiger partial charge in [-0.1, -0.05) is 42.5 Å². The number of carbonyl (C=O) groups is 1. The van der Waals surface area contributed by atoms with Gasteiger partial charge in [0, 0.05) is 12.6 Å². The monoisotopic (exact) mass is 217 g/mol. The Bertz CT molecular complexity index is 348. The normalized spacial score (nSPS) is 26.3. The predicted octanol–water partition coefficient (Wildman–Crippen LogP) is 1.20. The van der Waals surface area contributed by atoms with Gasteiger partial charge >= 0.3 is 0 Å². The van der Waals surface area contributed by atoms with Gasteiger partial charge in [-0.15, -0.1) is 0 Å². The molecule has 16 heavy (non-hydrogen) atoms. The lowest BCUT2D eigenvalue weighted by molar-refractivity contribution is -0.125. The van der Waals surface area contributed by atoms with Crippen LogP contribution in [0.1, 0.15) is 6.42 Å². The molecule has 1 aromatic rings. The van der Waals surface area contributed by atoms with Crippen LogP contribution in [0.15, 0.2) is 48.6 Å². The van der Waals surface area contributed by atoms with E-state index in [0.29, 0.717) is 13.0 Å². The first-order valence-corrected chi connectivity index (χ1v) is 5.44. The van der Waals surface area contributed by atoms with Crippen molar-refractivity contribution in [2.75, 3.05) is 6.54 Å². The van der Waals surface area contributed by atoms with Crippen LogP contribution in [-0.4, -0.2) is 34.6 Å². The Hall–Kier alpha value is -1.61. The van der Waals surface area contributed by atoms with Gasteiger partial charge in [0.05, 0.1) is 12.1 Å². The zero-order chi connectivity index (χ0) is 11.4. The van der Waals surface area contributed by atoms with E-state index < -0.39 is 0 Å². The van der Waals surface area contributed by atoms with Crippen LogP contribution < -0.4 is 0 Å². The van der Waals surface area contributed by atoms with Crippen molar-refractivity contribution in [3.8, 4) is 0 Å². The van der Waals surface area contributed by atoms with E-state index in [-0.39, 0.29) is 18.1 Å². The Balaban J connectivity index is 0.000000138. The van der Waals surface area contributed by atoms with Gasteiger partial charge in [-0.25, -0.2) is 0 Å². The number of carbonyl (C=O) groups excluding carboxylic acids is 1. The summed E-state index contributed by atoms with van der Waals surface area (Å²) in [5.74, 6) is 0.0431. The van der Waals surface area contributed by atoms with Gasteiger partial charge in [0.2, 0.25) is 5.91 Å². The molecule has 2 heterocycles. The van der Waals surface area contributed by atoms with Crippen molar-refractivity contribution in [1.29, 1.82) is 0 Å². The summed E-state index contributed by atoms with van der Waals surface area (Å²) in [4.78, 5) is 12.6. The topological polar surface area (TPSA) is 40.5 Å². The number of benzene rings is 1. The van der Waals surface area contributed by atoms with Crippen molar-refractivity contribution in [2.45, 2.75) is 18.6 Å². The molecule has 1 saturated heterocycles. The van der Waals surface area contributed by atoms with E-state index in [1.54, 1.807) is 11.0 Å². The Morgan fingerprint density at radius 2 is 1.69 bits per heavy atom. The highest BCUT2D eigenvalue weighted by Crippen LogP contribution is 2.23. The highest BCUT2D eigenvalue weighted by molar-refractivity contribution is 5.91. The van der Waals surface area contributed by atoms with Crippen LogP contribution in [0.5, 0.6) is 0 Å². The van der Waals surface area contributed by atoms with Gasteiger partial charge in [0.1, 0.15) is 0 Å². The zero-order valence-electron chi connectivity index (χ0n) is 8.99. The summed E-state index contributed by atoms with van der Waals surface area (Å²) in [6, 6.07) is 12.2. The van der Waals surface area contributed by atoms with Crippen LogP contribution in [0.3, 0.4) is 0 Å². The average molecular weight is 217 g/mol. The van der Waals surface area contributed by atoms with Crippen molar-refractivity contribution in [3.63, 3.8) is 0 Å². The lowest BCUT2D eigenvalue weighted by Crippen LogP contribution is -2.28. The van der Waals surface area contributed by atoms with Gasteiger partial charge < -0.3 is 10.0 Å². The second-order valence-electron chi connectivity index (χ2n) is 3.96. The van der Waals surface area contributed by atoms with Crippen LogP contribution in [0.25, 0.3) is 0 Å². The zero-order valence-corrected chi connectivity index (χ0v) is 8.99. The molecule has 2 aliphatic heterocycles. The number of hydrogen-bond acceptors (Lipinski definition) is 2. The van der Waals surface area contributed by atoms with Gasteiger partial charge in [-0.3, -0.25) is 4.79 Å². The molecule has 84 valence electrons. The number of aliphatic hydroxyl groups excluding tert-OH is 1. The molecule has 3 nitrogen and oxygen atoms in total. The van der Waals surface area contributed by atoms with E-state index in [1.807, 2.05) is 42.5 Å². The third-order valence-corrected chi connectivity index (χ3v) is 2.73. The summed E-state index contributed by atoms with van der Waals surface area (Å²) in [6.07, 6.45) is 3.84. The first-order valence-electron chi connectivity index (χ1n) is 5.44. The quantitative estimate of drug-likeness (QED) is 0.709. The minimum atomic E-state index is -0.307. The highest BCUT2D eigenvalue weighted by Gasteiger charge is 2.34. The molecule has 0 saturated carbocycles. The maximum atomic E-state index is 10.9. The van der Waals surface area contributed by atoms with Crippen LogP contribution in [0, 0.1) is 0 Å². The van der Waals surface area contributed by atoms with Crippen molar-refractivity contribution in [2.24, 2.45) is 0 Å². The van der Waals surface area contributed by atoms with E-state index in [4.69, 9.17) is 5.11 Å². The third kappa shape index (κ3) is 2.49. The molecule has 0 bridgehead atoms. The van der Waals surface area contributed by atoms with Gasteiger partial charge in [-0.05, 0) is 6.42 Å². The minimum absolute atomic E-state index is 0.0431. The van der Waals surface area contributed by atoms with Crippen LogP contribution in [0.2, 0.25) is 0 Å². The molecule has 3 heteroatoms. The fourth-order valence-corrected chi connectivity index (χ4v) is 1.95. The Morgan fingerprint density at radius 3 is 2.19 bits per heavy atom. The third-order valence-electron chi connectivity index (χ3n) is 2.73. The molecule has 1 fully saturated rings. The molecule has 0 aliphatic carbocycles. The van der Waals surface area contributed by atoms with Crippen LogP contribution in [0.4, 0.5) is 0 Å². The van der Waals surface area contributed by atoms with Crippen molar-refractivity contribution in [3.05, 3.63) is 48.6 Å². The summed E-state index contributed by atoms with van der Waals surface area (Å²) in [7, 11) is 0. The lowest BCUT2D eigenvalue weighted by Gasteiger charge is -2.13. The van der Waals surface area contributed by atoms with Crippen molar-refractivity contribution >= 4 is 5.91 Å². The van der Waals surface area contributed by atoms with Gasteiger partial charge in [0.15, 0.2) is 0 Å². The summed E-state index contributed by atoms with van der Waals surface area (Å²) in [5, 5.41) is 9.12. The fourth-order valence-electron chi connectivity index (χ4n) is 1.95. The molecule has 2 atom stereocenters. The first-order chi connectivity index (χ1) is 7.77. The first kappa shape index (κ1) is 10.9. The predicted molar refractivity (Wildman–Crippen MR) is 61.7 cm³/mol. The maximum absolute atomic E-state index is 10.9. The van der Waals surface area contributed by atoms with E-state index >= 15 is 0 Å². The number of aliphatic hydroxyl groups is 1. The summed E-state index contributed by atoms with van der Waals surface area (Å²) in [5.41, 5.74) is 0. The lowest BCUT2D eigenvalue weighted by atomic mass is 10.2. The molecule has 0 radical (unpaired) electrons. The second kappa shape index (κ2) is 4.94. The number of nitrogens with zero attached hydrogens (tertiary/aromatic N) is 1. The molecule has 1 aromatic carbocycles. The molecule has 2 aliphatic rings. The second-order valence-corrected chi connectivity index (χ2v) is 3.96. The molecule has 2 unspecified atom stereocenters. The van der Waals surface area contributed by atoms with E-state index in [9.17, 15) is 4.79 Å². The van der Waals surface area contributed by atoms with Crippen molar-refractivity contribution in [1.82, 2.24) is 4.90 Å². The SMILES string of the molecule is O=C1C=CC2CC(O)CN12.c1ccccc1. The molecule has 3 rings (SSSR count). The molecular weight excluding hydrogens is 202 g/mol. The molecular formula is C13H15NO2. The fraction of sp³-hybridized carbons (Fsp3) is 0.308. The number of amides is 1. The van der Waals surface area contributed by atoms with Crippen molar-refractivity contribution < 1.29 is 9.90 Å². The highest BCUT2D eigenvalue weighted by atomic mass is 16.3. The summed E-state index contributed by atoms with van der Waals surface area (Å²) in [6.45, 7) is 0.510. The smallest absolute Gasteiger partial charge is 0.246 e. The Morgan fingerprint density at radius 1 is 1.12 bits per heavy atom. The Labute approximate surface area is 95.0 Å². The number of fused-ring (bicyclic) bond motifs is 1. The van der Waals surface area contributed by atoms with E-state index in [2.05, 4.69) is 0 Å². The minimum Gasteiger partial charge on any atom is -0.391 e. The van der Waals surface area contributed by atoms with Gasteiger partial charge in [0.25, 0.3) is 0 Å². The number of rotatable bonds is 0. The molecule has 1 N–H and O–H groups in total. The summed E-state index contributed by atoms with van der Waals surface area (Å²) < 4.78 is 0. The molecule has 0 spiro atoms. The summed E-state index contributed by atoms with van der Waals surface area (Å²) >= 11 is 0. The largest absolute Gasteiger partial charge is 0.391 e. The molecule has 0 aromatic heterocycles.